The number of hydrogen-bond acceptors (Lipinski definition) is 4. The number of aryl methyl sites for hydroxylation is 1. The van der Waals surface area contributed by atoms with E-state index in [1.54, 1.807) is 13.2 Å². The molecule has 1 aliphatic rings. The molecule has 0 saturated carbocycles. The van der Waals surface area contributed by atoms with Crippen molar-refractivity contribution in [3.63, 3.8) is 0 Å². The lowest BCUT2D eigenvalue weighted by atomic mass is 10.1. The molecular formula is C22H31IN4O2. The Hall–Kier alpha value is -2.16. The summed E-state index contributed by atoms with van der Waals surface area (Å²) in [6.07, 6.45) is 0. The molecule has 29 heavy (non-hydrogen) atoms. The molecule has 1 fully saturated rings. The summed E-state index contributed by atoms with van der Waals surface area (Å²) in [7, 11) is 1.69. The van der Waals surface area contributed by atoms with Gasteiger partial charge in [0.1, 0.15) is 11.5 Å². The van der Waals surface area contributed by atoms with Crippen LogP contribution in [-0.4, -0.2) is 55.8 Å². The van der Waals surface area contributed by atoms with Crippen LogP contribution < -0.4 is 15.0 Å². The van der Waals surface area contributed by atoms with Crippen LogP contribution in [0.15, 0.2) is 47.5 Å². The van der Waals surface area contributed by atoms with Crippen molar-refractivity contribution in [1.82, 2.24) is 10.2 Å². The lowest BCUT2D eigenvalue weighted by Gasteiger charge is -2.37. The highest BCUT2D eigenvalue weighted by atomic mass is 127. The third kappa shape index (κ3) is 5.91. The number of phenolic OH excluding ortho intramolecular Hbond substituents is 1. The predicted octanol–water partition coefficient (Wildman–Crippen LogP) is 3.61. The van der Waals surface area contributed by atoms with Gasteiger partial charge < -0.3 is 25.0 Å². The fourth-order valence-electron chi connectivity index (χ4n) is 3.52. The Morgan fingerprint density at radius 3 is 2.48 bits per heavy atom. The standard InChI is InChI=1S/C22H30N4O2.HI/c1-4-23-22(24-16-18-9-10-21(28-3)17(2)15-18)26-13-11-25(12-14-26)19-7-5-6-8-20(19)27;/h5-10,15,27H,4,11-14,16H2,1-3H3,(H,23,24);1H. The molecule has 0 aliphatic carbocycles. The molecule has 158 valence electrons. The van der Waals surface area contributed by atoms with Gasteiger partial charge in [0.05, 0.1) is 19.3 Å². The van der Waals surface area contributed by atoms with Gasteiger partial charge in [0.15, 0.2) is 5.96 Å². The molecule has 0 radical (unpaired) electrons. The Bertz CT molecular complexity index is 820. The van der Waals surface area contributed by atoms with Crippen LogP contribution in [0.2, 0.25) is 0 Å². The lowest BCUT2D eigenvalue weighted by Crippen LogP contribution is -2.52. The van der Waals surface area contributed by atoms with Gasteiger partial charge in [0, 0.05) is 32.7 Å². The summed E-state index contributed by atoms with van der Waals surface area (Å²) in [5.74, 6) is 2.18. The zero-order chi connectivity index (χ0) is 19.9. The van der Waals surface area contributed by atoms with Gasteiger partial charge in [-0.25, -0.2) is 4.99 Å². The van der Waals surface area contributed by atoms with Gasteiger partial charge in [0.2, 0.25) is 0 Å². The molecule has 1 saturated heterocycles. The summed E-state index contributed by atoms with van der Waals surface area (Å²) in [4.78, 5) is 9.35. The summed E-state index contributed by atoms with van der Waals surface area (Å²) in [6.45, 7) is 9.03. The molecule has 0 atom stereocenters. The number of para-hydroxylation sites is 2. The van der Waals surface area contributed by atoms with E-state index in [4.69, 9.17) is 9.73 Å². The van der Waals surface area contributed by atoms with Gasteiger partial charge in [-0.3, -0.25) is 0 Å². The summed E-state index contributed by atoms with van der Waals surface area (Å²) < 4.78 is 5.34. The number of piperazine rings is 1. The fraction of sp³-hybridized carbons (Fsp3) is 0.409. The SMILES string of the molecule is CCNC(=NCc1ccc(OC)c(C)c1)N1CCN(c2ccccc2O)CC1.I. The summed E-state index contributed by atoms with van der Waals surface area (Å²) in [5.41, 5.74) is 3.19. The minimum Gasteiger partial charge on any atom is -0.506 e. The molecule has 1 heterocycles. The van der Waals surface area contributed by atoms with Crippen molar-refractivity contribution in [2.24, 2.45) is 4.99 Å². The van der Waals surface area contributed by atoms with Crippen molar-refractivity contribution in [3.05, 3.63) is 53.6 Å². The van der Waals surface area contributed by atoms with E-state index in [1.165, 1.54) is 5.56 Å². The molecule has 7 heteroatoms. The zero-order valence-electron chi connectivity index (χ0n) is 17.4. The third-order valence-electron chi connectivity index (χ3n) is 5.01. The third-order valence-corrected chi connectivity index (χ3v) is 5.01. The normalized spacial score (nSPS) is 14.4. The average Bonchev–Trinajstić information content (AvgIpc) is 2.72. The van der Waals surface area contributed by atoms with Crippen LogP contribution in [-0.2, 0) is 6.54 Å². The first kappa shape index (κ1) is 23.1. The lowest BCUT2D eigenvalue weighted by molar-refractivity contribution is 0.369. The Morgan fingerprint density at radius 1 is 1.14 bits per heavy atom. The van der Waals surface area contributed by atoms with E-state index < -0.39 is 0 Å². The summed E-state index contributed by atoms with van der Waals surface area (Å²) in [5, 5.41) is 13.5. The van der Waals surface area contributed by atoms with Crippen LogP contribution in [0.3, 0.4) is 0 Å². The highest BCUT2D eigenvalue weighted by Crippen LogP contribution is 2.27. The van der Waals surface area contributed by atoms with E-state index in [1.807, 2.05) is 24.3 Å². The van der Waals surface area contributed by atoms with Gasteiger partial charge in [-0.2, -0.15) is 0 Å². The first-order chi connectivity index (χ1) is 13.6. The minimum absolute atomic E-state index is 0. The van der Waals surface area contributed by atoms with Crippen LogP contribution in [0.5, 0.6) is 11.5 Å². The van der Waals surface area contributed by atoms with Crippen molar-refractivity contribution in [2.75, 3.05) is 44.7 Å². The number of rotatable bonds is 5. The van der Waals surface area contributed by atoms with E-state index in [2.05, 4.69) is 41.1 Å². The largest absolute Gasteiger partial charge is 0.506 e. The molecule has 3 rings (SSSR count). The smallest absolute Gasteiger partial charge is 0.194 e. The first-order valence-corrected chi connectivity index (χ1v) is 9.82. The molecule has 6 nitrogen and oxygen atoms in total. The first-order valence-electron chi connectivity index (χ1n) is 9.82. The zero-order valence-corrected chi connectivity index (χ0v) is 19.7. The number of hydrogen-bond donors (Lipinski definition) is 2. The van der Waals surface area contributed by atoms with E-state index in [0.717, 1.165) is 55.7 Å². The predicted molar refractivity (Wildman–Crippen MR) is 130 cm³/mol. The number of nitrogens with one attached hydrogen (secondary N) is 1. The number of phenols is 1. The Kier molecular flexibility index (Phi) is 8.88. The highest BCUT2D eigenvalue weighted by molar-refractivity contribution is 14.0. The van der Waals surface area contributed by atoms with Gasteiger partial charge in [-0.05, 0) is 43.2 Å². The van der Waals surface area contributed by atoms with Crippen molar-refractivity contribution >= 4 is 35.6 Å². The van der Waals surface area contributed by atoms with Crippen LogP contribution in [0, 0.1) is 6.92 Å². The Labute approximate surface area is 190 Å². The number of methoxy groups -OCH3 is 1. The molecule has 2 N–H and O–H groups in total. The molecule has 2 aromatic carbocycles. The van der Waals surface area contributed by atoms with Crippen molar-refractivity contribution < 1.29 is 9.84 Å². The Balaban J connectivity index is 0.00000300. The maximum Gasteiger partial charge on any atom is 0.194 e. The number of anilines is 1. The van der Waals surface area contributed by atoms with Gasteiger partial charge in [-0.15, -0.1) is 24.0 Å². The maximum absolute atomic E-state index is 10.1. The highest BCUT2D eigenvalue weighted by Gasteiger charge is 2.21. The van der Waals surface area contributed by atoms with Gasteiger partial charge in [0.25, 0.3) is 0 Å². The molecule has 1 aliphatic heterocycles. The quantitative estimate of drug-likeness (QED) is 0.366. The van der Waals surface area contributed by atoms with Crippen molar-refractivity contribution in [2.45, 2.75) is 20.4 Å². The average molecular weight is 510 g/mol. The van der Waals surface area contributed by atoms with Crippen LogP contribution >= 0.6 is 24.0 Å². The number of benzene rings is 2. The summed E-state index contributed by atoms with van der Waals surface area (Å²) >= 11 is 0. The minimum atomic E-state index is 0. The van der Waals surface area contributed by atoms with E-state index in [-0.39, 0.29) is 24.0 Å². The molecule has 0 spiro atoms. The fourth-order valence-corrected chi connectivity index (χ4v) is 3.52. The monoisotopic (exact) mass is 510 g/mol. The van der Waals surface area contributed by atoms with E-state index >= 15 is 0 Å². The van der Waals surface area contributed by atoms with Gasteiger partial charge in [-0.1, -0.05) is 24.3 Å². The second-order valence-electron chi connectivity index (χ2n) is 6.94. The van der Waals surface area contributed by atoms with Crippen LogP contribution in [0.1, 0.15) is 18.1 Å². The molecule has 0 bridgehead atoms. The number of aliphatic imine (C=N–C) groups is 1. The Morgan fingerprint density at radius 2 is 1.86 bits per heavy atom. The van der Waals surface area contributed by atoms with Crippen molar-refractivity contribution in [3.8, 4) is 11.5 Å². The summed E-state index contributed by atoms with van der Waals surface area (Å²) in [6, 6.07) is 13.7. The maximum atomic E-state index is 10.1. The molecule has 0 unspecified atom stereocenters. The molecule has 0 amide bonds. The number of nitrogens with zero attached hydrogens (tertiary/aromatic N) is 3. The number of ether oxygens (including phenoxy) is 1. The number of halogens is 1. The number of guanidine groups is 1. The van der Waals surface area contributed by atoms with E-state index in [9.17, 15) is 5.11 Å². The molecule has 2 aromatic rings. The van der Waals surface area contributed by atoms with Gasteiger partial charge >= 0.3 is 0 Å². The molecular weight excluding hydrogens is 479 g/mol. The van der Waals surface area contributed by atoms with E-state index in [0.29, 0.717) is 12.3 Å². The topological polar surface area (TPSA) is 60.3 Å². The molecule has 0 aromatic heterocycles. The van der Waals surface area contributed by atoms with Crippen molar-refractivity contribution in [1.29, 1.82) is 0 Å². The van der Waals surface area contributed by atoms with Crippen LogP contribution in [0.25, 0.3) is 0 Å². The second kappa shape index (κ2) is 11.1. The number of aromatic hydroxyl groups is 1. The van der Waals surface area contributed by atoms with Crippen LogP contribution in [0.4, 0.5) is 5.69 Å². The second-order valence-corrected chi connectivity index (χ2v) is 6.94.